The van der Waals surface area contributed by atoms with Gasteiger partial charge in [-0.3, -0.25) is 4.79 Å². The van der Waals surface area contributed by atoms with E-state index in [0.29, 0.717) is 35.7 Å². The highest BCUT2D eigenvalue weighted by molar-refractivity contribution is 5.92. The smallest absolute Gasteiger partial charge is 0.319 e. The van der Waals surface area contributed by atoms with Gasteiger partial charge in [-0.15, -0.1) is 0 Å². The SMILES string of the molecule is COc1ccc(CCNC(=O)Cn2cnc3cc(NC(=O)NC(C)C)ccc32)cc1OC. The molecule has 0 aliphatic rings. The Morgan fingerprint density at radius 1 is 1.06 bits per heavy atom. The largest absolute Gasteiger partial charge is 0.493 e. The molecular formula is C23H29N5O4. The summed E-state index contributed by atoms with van der Waals surface area (Å²) in [5, 5.41) is 8.48. The first kappa shape index (κ1) is 22.9. The molecule has 2 aromatic carbocycles. The van der Waals surface area contributed by atoms with Crippen LogP contribution in [0.15, 0.2) is 42.7 Å². The molecule has 9 heteroatoms. The molecule has 3 aromatic rings. The minimum Gasteiger partial charge on any atom is -0.493 e. The topological polar surface area (TPSA) is 107 Å². The van der Waals surface area contributed by atoms with Gasteiger partial charge in [0, 0.05) is 18.3 Å². The van der Waals surface area contributed by atoms with Gasteiger partial charge in [0.25, 0.3) is 0 Å². The number of carbonyl (C=O) groups excluding carboxylic acids is 2. The highest BCUT2D eigenvalue weighted by Crippen LogP contribution is 2.27. The van der Waals surface area contributed by atoms with E-state index in [0.717, 1.165) is 11.1 Å². The van der Waals surface area contributed by atoms with E-state index in [-0.39, 0.29) is 24.5 Å². The van der Waals surface area contributed by atoms with Crippen LogP contribution in [-0.4, -0.2) is 48.3 Å². The number of hydrogen-bond donors (Lipinski definition) is 3. The lowest BCUT2D eigenvalue weighted by atomic mass is 10.1. The van der Waals surface area contributed by atoms with Crippen LogP contribution < -0.4 is 25.4 Å². The second-order valence-electron chi connectivity index (χ2n) is 7.62. The molecule has 3 N–H and O–H groups in total. The fourth-order valence-corrected chi connectivity index (χ4v) is 3.29. The van der Waals surface area contributed by atoms with Gasteiger partial charge in [0.15, 0.2) is 11.5 Å². The number of methoxy groups -OCH3 is 2. The Kier molecular flexibility index (Phi) is 7.54. The van der Waals surface area contributed by atoms with E-state index in [1.54, 1.807) is 37.2 Å². The van der Waals surface area contributed by atoms with Crippen molar-refractivity contribution in [1.29, 1.82) is 0 Å². The lowest BCUT2D eigenvalue weighted by molar-refractivity contribution is -0.121. The molecule has 3 amide bonds. The van der Waals surface area contributed by atoms with Crippen LogP contribution in [0.5, 0.6) is 11.5 Å². The predicted octanol–water partition coefficient (Wildman–Crippen LogP) is 2.94. The zero-order valence-corrected chi connectivity index (χ0v) is 18.8. The van der Waals surface area contributed by atoms with Crippen molar-refractivity contribution in [2.45, 2.75) is 32.9 Å². The average Bonchev–Trinajstić information content (AvgIpc) is 3.14. The molecule has 9 nitrogen and oxygen atoms in total. The molecule has 0 saturated carbocycles. The van der Waals surface area contributed by atoms with Crippen LogP contribution in [0.2, 0.25) is 0 Å². The molecule has 170 valence electrons. The molecule has 0 atom stereocenters. The zero-order chi connectivity index (χ0) is 23.1. The summed E-state index contributed by atoms with van der Waals surface area (Å²) in [6.45, 7) is 4.44. The highest BCUT2D eigenvalue weighted by Gasteiger charge is 2.10. The summed E-state index contributed by atoms with van der Waals surface area (Å²) >= 11 is 0. The summed E-state index contributed by atoms with van der Waals surface area (Å²) in [4.78, 5) is 28.6. The number of hydrogen-bond acceptors (Lipinski definition) is 5. The third-order valence-corrected chi connectivity index (χ3v) is 4.80. The number of carbonyl (C=O) groups is 2. The molecule has 1 heterocycles. The van der Waals surface area contributed by atoms with E-state index < -0.39 is 0 Å². The van der Waals surface area contributed by atoms with Crippen LogP contribution in [0.25, 0.3) is 11.0 Å². The third kappa shape index (κ3) is 5.90. The van der Waals surface area contributed by atoms with E-state index >= 15 is 0 Å². The molecule has 0 bridgehead atoms. The summed E-state index contributed by atoms with van der Waals surface area (Å²) in [5.74, 6) is 1.23. The van der Waals surface area contributed by atoms with Crippen LogP contribution in [0.4, 0.5) is 10.5 Å². The number of urea groups is 1. The third-order valence-electron chi connectivity index (χ3n) is 4.80. The maximum absolute atomic E-state index is 12.4. The van der Waals surface area contributed by atoms with E-state index in [4.69, 9.17) is 9.47 Å². The second-order valence-corrected chi connectivity index (χ2v) is 7.62. The number of aromatic nitrogens is 2. The second kappa shape index (κ2) is 10.5. The first-order valence-corrected chi connectivity index (χ1v) is 10.4. The fourth-order valence-electron chi connectivity index (χ4n) is 3.29. The Morgan fingerprint density at radius 2 is 1.84 bits per heavy atom. The Morgan fingerprint density at radius 3 is 2.56 bits per heavy atom. The molecule has 0 aliphatic carbocycles. The van der Waals surface area contributed by atoms with E-state index in [2.05, 4.69) is 20.9 Å². The summed E-state index contributed by atoms with van der Waals surface area (Å²) < 4.78 is 12.3. The van der Waals surface area contributed by atoms with Gasteiger partial charge in [0.05, 0.1) is 31.6 Å². The number of anilines is 1. The lowest BCUT2D eigenvalue weighted by Crippen LogP contribution is -2.34. The standard InChI is InChI=1S/C23H29N5O4/c1-15(2)26-23(30)27-17-6-7-19-18(12-17)25-14-28(19)13-22(29)24-10-9-16-5-8-20(31-3)21(11-16)32-4/h5-8,11-12,14-15H,9-10,13H2,1-4H3,(H,24,29)(H2,26,27,30). The van der Waals surface area contributed by atoms with Gasteiger partial charge < -0.3 is 30.0 Å². The number of rotatable bonds is 9. The van der Waals surface area contributed by atoms with Crippen molar-refractivity contribution < 1.29 is 19.1 Å². The van der Waals surface area contributed by atoms with Crippen LogP contribution in [-0.2, 0) is 17.8 Å². The summed E-state index contributed by atoms with van der Waals surface area (Å²) in [7, 11) is 3.19. The van der Waals surface area contributed by atoms with Crippen LogP contribution in [0.3, 0.4) is 0 Å². The Balaban J connectivity index is 1.55. The number of ether oxygens (including phenoxy) is 2. The first-order valence-electron chi connectivity index (χ1n) is 10.4. The maximum atomic E-state index is 12.4. The number of benzene rings is 2. The molecule has 32 heavy (non-hydrogen) atoms. The number of nitrogens with one attached hydrogen (secondary N) is 3. The molecule has 1 aromatic heterocycles. The van der Waals surface area contributed by atoms with Crippen molar-refractivity contribution in [2.24, 2.45) is 0 Å². The number of fused-ring (bicyclic) bond motifs is 1. The maximum Gasteiger partial charge on any atom is 0.319 e. The van der Waals surface area contributed by atoms with E-state index in [1.807, 2.05) is 38.1 Å². The van der Waals surface area contributed by atoms with Crippen molar-refractivity contribution in [3.05, 3.63) is 48.3 Å². The zero-order valence-electron chi connectivity index (χ0n) is 18.8. The number of nitrogens with zero attached hydrogens (tertiary/aromatic N) is 2. The van der Waals surface area contributed by atoms with Gasteiger partial charge in [-0.2, -0.15) is 0 Å². The van der Waals surface area contributed by atoms with Gasteiger partial charge in [-0.25, -0.2) is 9.78 Å². The average molecular weight is 440 g/mol. The van der Waals surface area contributed by atoms with Crippen LogP contribution in [0.1, 0.15) is 19.4 Å². The van der Waals surface area contributed by atoms with Crippen molar-refractivity contribution in [2.75, 3.05) is 26.1 Å². The van der Waals surface area contributed by atoms with Crippen molar-refractivity contribution in [1.82, 2.24) is 20.2 Å². The Labute approximate surface area is 187 Å². The minimum atomic E-state index is -0.271. The Hall–Kier alpha value is -3.75. The fraction of sp³-hybridized carbons (Fsp3) is 0.348. The van der Waals surface area contributed by atoms with Gasteiger partial charge in [-0.05, 0) is 56.2 Å². The summed E-state index contributed by atoms with van der Waals surface area (Å²) in [6, 6.07) is 10.9. The highest BCUT2D eigenvalue weighted by atomic mass is 16.5. The molecule has 0 fully saturated rings. The van der Waals surface area contributed by atoms with Crippen molar-refractivity contribution in [3.63, 3.8) is 0 Å². The number of amides is 3. The predicted molar refractivity (Wildman–Crippen MR) is 123 cm³/mol. The van der Waals surface area contributed by atoms with Gasteiger partial charge in [-0.1, -0.05) is 6.07 Å². The molecule has 0 radical (unpaired) electrons. The van der Waals surface area contributed by atoms with Crippen molar-refractivity contribution in [3.8, 4) is 11.5 Å². The first-order chi connectivity index (χ1) is 15.4. The van der Waals surface area contributed by atoms with Crippen LogP contribution in [0, 0.1) is 0 Å². The summed E-state index contributed by atoms with van der Waals surface area (Å²) in [6.07, 6.45) is 2.29. The molecule has 0 spiro atoms. The van der Waals surface area contributed by atoms with Gasteiger partial charge in [0.1, 0.15) is 6.54 Å². The molecule has 0 saturated heterocycles. The molecule has 0 aliphatic heterocycles. The minimum absolute atomic E-state index is 0.0446. The van der Waals surface area contributed by atoms with Crippen molar-refractivity contribution >= 4 is 28.7 Å². The molecule has 0 unspecified atom stereocenters. The quantitative estimate of drug-likeness (QED) is 0.475. The normalized spacial score (nSPS) is 10.8. The van der Waals surface area contributed by atoms with E-state index in [1.165, 1.54) is 0 Å². The lowest BCUT2D eigenvalue weighted by Gasteiger charge is -2.11. The van der Waals surface area contributed by atoms with E-state index in [9.17, 15) is 9.59 Å². The molecular weight excluding hydrogens is 410 g/mol. The van der Waals surface area contributed by atoms with Crippen LogP contribution >= 0.6 is 0 Å². The summed E-state index contributed by atoms with van der Waals surface area (Å²) in [5.41, 5.74) is 3.19. The van der Waals surface area contributed by atoms with Gasteiger partial charge in [0.2, 0.25) is 5.91 Å². The monoisotopic (exact) mass is 439 g/mol. The number of imidazole rings is 1. The van der Waals surface area contributed by atoms with Gasteiger partial charge >= 0.3 is 6.03 Å². The Bertz CT molecular complexity index is 1090. The molecule has 3 rings (SSSR count).